The van der Waals surface area contributed by atoms with E-state index < -0.39 is 0 Å². The van der Waals surface area contributed by atoms with E-state index in [1.807, 2.05) is 6.92 Å². The summed E-state index contributed by atoms with van der Waals surface area (Å²) in [5.41, 5.74) is 0. The molecule has 3 N–H and O–H groups in total. The minimum atomic E-state index is -0.0973. The largest absolute Gasteiger partial charge is 0.393 e. The maximum absolute atomic E-state index is 8.68. The fourth-order valence-corrected chi connectivity index (χ4v) is 0.500. The van der Waals surface area contributed by atoms with Crippen molar-refractivity contribution in [1.29, 1.82) is 0 Å². The van der Waals surface area contributed by atoms with Gasteiger partial charge in [-0.15, -0.1) is 0 Å². The molecular formula is C6H16O3. The van der Waals surface area contributed by atoms with Crippen LogP contribution in [0.3, 0.4) is 0 Å². The molecule has 0 fully saturated rings. The van der Waals surface area contributed by atoms with Crippen LogP contribution < -0.4 is 0 Å². The minimum absolute atomic E-state index is 0.0973. The molecule has 0 aromatic carbocycles. The van der Waals surface area contributed by atoms with Crippen molar-refractivity contribution in [3.05, 3.63) is 0 Å². The molecular weight excluding hydrogens is 120 g/mol. The van der Waals surface area contributed by atoms with Crippen molar-refractivity contribution in [1.82, 2.24) is 0 Å². The molecule has 0 radical (unpaired) electrons. The Morgan fingerprint density at radius 3 is 1.89 bits per heavy atom. The highest BCUT2D eigenvalue weighted by molar-refractivity contribution is 4.43. The first-order valence-corrected chi connectivity index (χ1v) is 3.15. The van der Waals surface area contributed by atoms with Crippen LogP contribution in [0.2, 0.25) is 0 Å². The van der Waals surface area contributed by atoms with Crippen LogP contribution in [0.1, 0.15) is 33.1 Å². The molecule has 3 heteroatoms. The molecule has 58 valence electrons. The summed E-state index contributed by atoms with van der Waals surface area (Å²) < 4.78 is 0. The highest BCUT2D eigenvalue weighted by Crippen LogP contribution is 1.97. The van der Waals surface area contributed by atoms with E-state index in [1.54, 1.807) is 0 Å². The maximum atomic E-state index is 8.68. The number of aliphatic hydroxyl groups excluding tert-OH is 1. The Kier molecular flexibility index (Phi) is 14.0. The standard InChI is InChI=1S/C6H14O.H2O2/c1-3-4-5-6(2)7;1-2/h6-7H,3-5H2,1-2H3;1-2H. The van der Waals surface area contributed by atoms with Gasteiger partial charge in [-0.1, -0.05) is 19.8 Å². The molecule has 0 saturated heterocycles. The minimum Gasteiger partial charge on any atom is -0.393 e. The average Bonchev–Trinajstić information content (AvgIpc) is 1.88. The van der Waals surface area contributed by atoms with Gasteiger partial charge in [0.1, 0.15) is 0 Å². The van der Waals surface area contributed by atoms with Gasteiger partial charge in [0, 0.05) is 0 Å². The summed E-state index contributed by atoms with van der Waals surface area (Å²) in [4.78, 5) is 0. The van der Waals surface area contributed by atoms with Crippen molar-refractivity contribution < 1.29 is 15.6 Å². The molecule has 0 aliphatic rings. The summed E-state index contributed by atoms with van der Waals surface area (Å²) in [6.07, 6.45) is 3.19. The zero-order valence-electron chi connectivity index (χ0n) is 6.04. The van der Waals surface area contributed by atoms with Crippen molar-refractivity contribution in [3.63, 3.8) is 0 Å². The highest BCUT2D eigenvalue weighted by atomic mass is 17.0. The molecule has 3 nitrogen and oxygen atoms in total. The van der Waals surface area contributed by atoms with Crippen LogP contribution >= 0.6 is 0 Å². The first kappa shape index (κ1) is 11.6. The highest BCUT2D eigenvalue weighted by Gasteiger charge is 1.90. The number of hydrogen-bond acceptors (Lipinski definition) is 3. The number of rotatable bonds is 3. The van der Waals surface area contributed by atoms with E-state index in [2.05, 4.69) is 6.92 Å². The number of hydrogen-bond donors (Lipinski definition) is 3. The van der Waals surface area contributed by atoms with Crippen molar-refractivity contribution >= 4 is 0 Å². The van der Waals surface area contributed by atoms with Crippen LogP contribution in [0.5, 0.6) is 0 Å². The second-order valence-corrected chi connectivity index (χ2v) is 1.99. The Balaban J connectivity index is 0. The normalized spacial score (nSPS) is 11.7. The van der Waals surface area contributed by atoms with Gasteiger partial charge in [-0.25, -0.2) is 0 Å². The van der Waals surface area contributed by atoms with Crippen LogP contribution in [0.4, 0.5) is 0 Å². The molecule has 1 unspecified atom stereocenters. The van der Waals surface area contributed by atoms with E-state index in [9.17, 15) is 0 Å². The molecule has 9 heavy (non-hydrogen) atoms. The lowest BCUT2D eigenvalue weighted by Gasteiger charge is -1.98. The zero-order valence-corrected chi connectivity index (χ0v) is 6.04. The predicted octanol–water partition coefficient (Wildman–Crippen LogP) is 1.57. The molecule has 0 rings (SSSR count). The second kappa shape index (κ2) is 10.8. The summed E-state index contributed by atoms with van der Waals surface area (Å²) in [6, 6.07) is 0. The first-order chi connectivity index (χ1) is 4.27. The van der Waals surface area contributed by atoms with Crippen molar-refractivity contribution in [3.8, 4) is 0 Å². The molecule has 0 heterocycles. The first-order valence-electron chi connectivity index (χ1n) is 3.15. The molecule has 1 atom stereocenters. The Morgan fingerprint density at radius 2 is 1.78 bits per heavy atom. The van der Waals surface area contributed by atoms with Crippen LogP contribution in [0.25, 0.3) is 0 Å². The zero-order chi connectivity index (χ0) is 7.70. The van der Waals surface area contributed by atoms with Gasteiger partial charge in [0.2, 0.25) is 0 Å². The van der Waals surface area contributed by atoms with Crippen LogP contribution in [0, 0.1) is 0 Å². The second-order valence-electron chi connectivity index (χ2n) is 1.99. The van der Waals surface area contributed by atoms with Gasteiger partial charge in [0.05, 0.1) is 6.10 Å². The molecule has 0 bridgehead atoms. The van der Waals surface area contributed by atoms with Gasteiger partial charge in [-0.05, 0) is 13.3 Å². The van der Waals surface area contributed by atoms with Gasteiger partial charge >= 0.3 is 0 Å². The fraction of sp³-hybridized carbons (Fsp3) is 1.00. The molecule has 0 spiro atoms. The summed E-state index contributed by atoms with van der Waals surface area (Å²) in [6.45, 7) is 3.96. The number of aliphatic hydroxyl groups is 1. The van der Waals surface area contributed by atoms with Gasteiger partial charge in [-0.3, -0.25) is 10.5 Å². The summed E-state index contributed by atoms with van der Waals surface area (Å²) in [7, 11) is 0. The SMILES string of the molecule is CCCCC(C)O.OO. The summed E-state index contributed by atoms with van der Waals surface area (Å²) in [5, 5.41) is 20.7. The van der Waals surface area contributed by atoms with Crippen molar-refractivity contribution in [2.24, 2.45) is 0 Å². The van der Waals surface area contributed by atoms with E-state index in [1.165, 1.54) is 6.42 Å². The Morgan fingerprint density at radius 1 is 1.33 bits per heavy atom. The Bertz CT molecular complexity index is 37.3. The molecule has 0 aliphatic heterocycles. The third-order valence-corrected chi connectivity index (χ3v) is 0.975. The molecule has 0 aromatic rings. The molecule has 0 saturated carbocycles. The van der Waals surface area contributed by atoms with Crippen molar-refractivity contribution in [2.45, 2.75) is 39.2 Å². The van der Waals surface area contributed by atoms with Crippen LogP contribution in [-0.4, -0.2) is 21.7 Å². The van der Waals surface area contributed by atoms with Gasteiger partial charge in [-0.2, -0.15) is 0 Å². The van der Waals surface area contributed by atoms with E-state index in [0.29, 0.717) is 0 Å². The lowest BCUT2D eigenvalue weighted by molar-refractivity contribution is -0.176. The number of unbranched alkanes of at least 4 members (excludes halogenated alkanes) is 1. The monoisotopic (exact) mass is 136 g/mol. The quantitative estimate of drug-likeness (QED) is 0.407. The molecule has 0 aliphatic carbocycles. The smallest absolute Gasteiger partial charge is 0.0512 e. The summed E-state index contributed by atoms with van der Waals surface area (Å²) >= 11 is 0. The lowest BCUT2D eigenvalue weighted by atomic mass is 10.2. The van der Waals surface area contributed by atoms with E-state index >= 15 is 0 Å². The third-order valence-electron chi connectivity index (χ3n) is 0.975. The van der Waals surface area contributed by atoms with Gasteiger partial charge < -0.3 is 5.11 Å². The van der Waals surface area contributed by atoms with Crippen molar-refractivity contribution in [2.75, 3.05) is 0 Å². The van der Waals surface area contributed by atoms with Gasteiger partial charge in [0.15, 0.2) is 0 Å². The lowest BCUT2D eigenvalue weighted by Crippen LogP contribution is -1.97. The van der Waals surface area contributed by atoms with E-state index in [0.717, 1.165) is 12.8 Å². The van der Waals surface area contributed by atoms with E-state index in [4.69, 9.17) is 15.6 Å². The third kappa shape index (κ3) is 18.1. The molecule has 0 aromatic heterocycles. The Labute approximate surface area is 55.9 Å². The maximum Gasteiger partial charge on any atom is 0.0512 e. The fourth-order valence-electron chi connectivity index (χ4n) is 0.500. The predicted molar refractivity (Wildman–Crippen MR) is 36.5 cm³/mol. The van der Waals surface area contributed by atoms with E-state index in [-0.39, 0.29) is 6.10 Å². The molecule has 0 amide bonds. The van der Waals surface area contributed by atoms with Crippen LogP contribution in [-0.2, 0) is 0 Å². The topological polar surface area (TPSA) is 60.7 Å². The average molecular weight is 136 g/mol. The Hall–Kier alpha value is -0.120. The summed E-state index contributed by atoms with van der Waals surface area (Å²) in [5.74, 6) is 0. The van der Waals surface area contributed by atoms with Crippen LogP contribution in [0.15, 0.2) is 0 Å². The van der Waals surface area contributed by atoms with Gasteiger partial charge in [0.25, 0.3) is 0 Å².